The van der Waals surface area contributed by atoms with Gasteiger partial charge in [-0.25, -0.2) is 0 Å². The Balaban J connectivity index is 0.000000236. The molecule has 0 saturated heterocycles. The third-order valence-corrected chi connectivity index (χ3v) is 8.62. The Morgan fingerprint density at radius 1 is 0.651 bits per heavy atom. The molecule has 2 aromatic rings. The van der Waals surface area contributed by atoms with Crippen molar-refractivity contribution in [1.82, 2.24) is 0 Å². The number of ketones is 2. The van der Waals surface area contributed by atoms with Gasteiger partial charge in [0.2, 0.25) is 0 Å². The van der Waals surface area contributed by atoms with Gasteiger partial charge in [0.25, 0.3) is 0 Å². The van der Waals surface area contributed by atoms with Gasteiger partial charge in [0.05, 0.1) is 28.4 Å². The molecule has 0 spiro atoms. The molecule has 0 bridgehead atoms. The van der Waals surface area contributed by atoms with E-state index in [1.807, 2.05) is 12.1 Å². The van der Waals surface area contributed by atoms with Gasteiger partial charge in [-0.3, -0.25) is 19.2 Å². The lowest BCUT2D eigenvalue weighted by Gasteiger charge is -2.40. The Morgan fingerprint density at radius 2 is 1.12 bits per heavy atom. The van der Waals surface area contributed by atoms with Crippen LogP contribution in [-0.4, -0.2) is 63.1 Å². The summed E-state index contributed by atoms with van der Waals surface area (Å²) in [7, 11) is 6.30. The predicted molar refractivity (Wildman–Crippen MR) is 158 cm³/mol. The van der Waals surface area contributed by atoms with Gasteiger partial charge in [-0.2, -0.15) is 0 Å². The predicted octanol–water partition coefficient (Wildman–Crippen LogP) is 4.90. The highest BCUT2D eigenvalue weighted by atomic mass is 35.5. The van der Waals surface area contributed by atoms with Gasteiger partial charge in [0.15, 0.2) is 22.8 Å². The molecule has 0 aliphatic heterocycles. The Bertz CT molecular complexity index is 1400. The van der Waals surface area contributed by atoms with E-state index in [-0.39, 0.29) is 11.6 Å². The maximum absolute atomic E-state index is 12.2. The van der Waals surface area contributed by atoms with Gasteiger partial charge in [0.1, 0.15) is 28.4 Å². The Morgan fingerprint density at radius 3 is 1.58 bits per heavy atom. The van der Waals surface area contributed by atoms with Crippen molar-refractivity contribution < 1.29 is 47.6 Å². The zero-order valence-corrected chi connectivity index (χ0v) is 26.6. The fraction of sp³-hybridized carbons (Fsp3) is 0.500. The van der Waals surface area contributed by atoms with Crippen LogP contribution in [0.5, 0.6) is 23.0 Å². The first-order valence-corrected chi connectivity index (χ1v) is 14.3. The van der Waals surface area contributed by atoms with Crippen LogP contribution in [0.2, 0.25) is 0 Å². The summed E-state index contributed by atoms with van der Waals surface area (Å²) >= 11 is 6.59. The van der Waals surface area contributed by atoms with Crippen LogP contribution in [0.25, 0.3) is 0 Å². The number of alkyl halides is 1. The first-order chi connectivity index (χ1) is 20.3. The second-order valence-electron chi connectivity index (χ2n) is 10.5. The van der Waals surface area contributed by atoms with Crippen LogP contribution in [0.1, 0.15) is 68.2 Å². The molecular weight excluding hydrogens is 580 g/mol. The number of carbonyl (C=O) groups excluding carboxylic acids is 4. The molecule has 2 aliphatic carbocycles. The zero-order chi connectivity index (χ0) is 32.1. The highest BCUT2D eigenvalue weighted by molar-refractivity contribution is 6.24. The van der Waals surface area contributed by atoms with Crippen molar-refractivity contribution in [2.45, 2.75) is 76.4 Å². The van der Waals surface area contributed by atoms with E-state index in [1.165, 1.54) is 34.8 Å². The van der Waals surface area contributed by atoms with Crippen molar-refractivity contribution in [3.05, 3.63) is 46.5 Å². The molecule has 2 aliphatic rings. The molecule has 4 rings (SSSR count). The molecule has 0 N–H and O–H groups in total. The van der Waals surface area contributed by atoms with Gasteiger partial charge < -0.3 is 28.4 Å². The molecule has 2 aromatic carbocycles. The molecule has 10 nitrogen and oxygen atoms in total. The third kappa shape index (κ3) is 6.59. The number of hydrogen-bond donors (Lipinski definition) is 0. The summed E-state index contributed by atoms with van der Waals surface area (Å²) in [6.07, 6.45) is 2.19. The number of benzene rings is 2. The maximum atomic E-state index is 12.2. The monoisotopic (exact) mass is 618 g/mol. The van der Waals surface area contributed by atoms with Gasteiger partial charge in [0, 0.05) is 48.9 Å². The molecule has 0 fully saturated rings. The van der Waals surface area contributed by atoms with Crippen LogP contribution in [-0.2, 0) is 47.9 Å². The minimum atomic E-state index is -1.37. The minimum Gasteiger partial charge on any atom is -0.496 e. The first kappa shape index (κ1) is 33.7. The first-order valence-electron chi connectivity index (χ1n) is 13.8. The lowest BCUT2D eigenvalue weighted by Crippen LogP contribution is -2.48. The van der Waals surface area contributed by atoms with E-state index >= 15 is 0 Å². The molecule has 0 aromatic heterocycles. The van der Waals surface area contributed by atoms with Crippen molar-refractivity contribution in [3.63, 3.8) is 0 Å². The smallest absolute Gasteiger partial charge is 0.303 e. The largest absolute Gasteiger partial charge is 0.496 e. The zero-order valence-electron chi connectivity index (χ0n) is 25.9. The standard InChI is InChI=1S/C16H19ClO5.C16H20O5/c1-9(18)16(22-10(2)19)8-7-11-12(20-3)5-6-13(21-4)14(11)15(16)17;1-10(17)16(21-11(2)18)8-7-12-13(9-16)15(20-4)6-5-14(12)19-3/h5-6,15H,7-8H2,1-4H3;5-6H,7-9H2,1-4H3/t15-,16+;16-/m00/s1. The molecule has 43 heavy (non-hydrogen) atoms. The highest BCUT2D eigenvalue weighted by Gasteiger charge is 2.51. The molecule has 3 atom stereocenters. The van der Waals surface area contributed by atoms with E-state index in [9.17, 15) is 19.2 Å². The average Bonchev–Trinajstić information content (AvgIpc) is 2.96. The average molecular weight is 619 g/mol. The minimum absolute atomic E-state index is 0.145. The molecule has 0 amide bonds. The summed E-state index contributed by atoms with van der Waals surface area (Å²) in [6, 6.07) is 7.19. The number of methoxy groups -OCH3 is 4. The van der Waals surface area contributed by atoms with E-state index in [2.05, 4.69) is 0 Å². The number of halogens is 1. The summed E-state index contributed by atoms with van der Waals surface area (Å²) in [5.74, 6) is 1.27. The van der Waals surface area contributed by atoms with Crippen molar-refractivity contribution in [3.8, 4) is 23.0 Å². The van der Waals surface area contributed by atoms with Crippen molar-refractivity contribution in [2.24, 2.45) is 0 Å². The molecule has 0 radical (unpaired) electrons. The number of ether oxygens (including phenoxy) is 6. The Labute approximate surface area is 256 Å². The van der Waals surface area contributed by atoms with Crippen molar-refractivity contribution in [2.75, 3.05) is 28.4 Å². The van der Waals surface area contributed by atoms with E-state index in [4.69, 9.17) is 40.0 Å². The van der Waals surface area contributed by atoms with Crippen LogP contribution >= 0.6 is 11.6 Å². The summed E-state index contributed by atoms with van der Waals surface area (Å²) in [4.78, 5) is 47.1. The van der Waals surface area contributed by atoms with E-state index < -0.39 is 28.5 Å². The van der Waals surface area contributed by atoms with Gasteiger partial charge in [-0.1, -0.05) is 0 Å². The second-order valence-corrected chi connectivity index (χ2v) is 10.9. The summed E-state index contributed by atoms with van der Waals surface area (Å²) in [5.41, 5.74) is 0.941. The van der Waals surface area contributed by atoms with Crippen molar-refractivity contribution >= 4 is 35.1 Å². The van der Waals surface area contributed by atoms with Crippen LogP contribution in [0.4, 0.5) is 0 Å². The number of fused-ring (bicyclic) bond motifs is 2. The van der Waals surface area contributed by atoms with Crippen LogP contribution in [0, 0.1) is 0 Å². The van der Waals surface area contributed by atoms with Crippen LogP contribution < -0.4 is 18.9 Å². The number of Topliss-reactive ketones (excluding diaryl/α,β-unsaturated/α-hetero) is 2. The Hall–Kier alpha value is -3.79. The van der Waals surface area contributed by atoms with Gasteiger partial charge in [-0.05, 0) is 57.4 Å². The van der Waals surface area contributed by atoms with Crippen LogP contribution in [0.15, 0.2) is 24.3 Å². The molecular formula is C32H39ClO10. The molecule has 0 heterocycles. The highest BCUT2D eigenvalue weighted by Crippen LogP contribution is 2.51. The lowest BCUT2D eigenvalue weighted by atomic mass is 9.77. The topological polar surface area (TPSA) is 124 Å². The number of rotatable bonds is 8. The van der Waals surface area contributed by atoms with E-state index in [0.29, 0.717) is 54.9 Å². The SMILES string of the molecule is COc1ccc(OC)c2c1CC[C@@](OC(C)=O)(C(C)=O)C2.COc1ccc(OC)c2c1CC[C@@](OC(C)=O)(C(C)=O)[C@H]2Cl. The van der Waals surface area contributed by atoms with Gasteiger partial charge >= 0.3 is 11.9 Å². The van der Waals surface area contributed by atoms with Crippen molar-refractivity contribution in [1.29, 1.82) is 0 Å². The van der Waals surface area contributed by atoms with Crippen LogP contribution in [0.3, 0.4) is 0 Å². The fourth-order valence-electron chi connectivity index (χ4n) is 5.92. The van der Waals surface area contributed by atoms with E-state index in [0.717, 1.165) is 22.4 Å². The summed E-state index contributed by atoms with van der Waals surface area (Å²) in [6.45, 7) is 5.44. The lowest BCUT2D eigenvalue weighted by molar-refractivity contribution is -0.166. The summed E-state index contributed by atoms with van der Waals surface area (Å²) < 4.78 is 32.2. The summed E-state index contributed by atoms with van der Waals surface area (Å²) in [5, 5.41) is -0.831. The van der Waals surface area contributed by atoms with Gasteiger partial charge in [-0.15, -0.1) is 11.6 Å². The normalized spacial score (nSPS) is 21.9. The molecule has 0 saturated carbocycles. The quantitative estimate of drug-likeness (QED) is 0.298. The molecule has 234 valence electrons. The molecule has 0 unspecified atom stereocenters. The number of hydrogen-bond acceptors (Lipinski definition) is 10. The van der Waals surface area contributed by atoms with E-state index in [1.54, 1.807) is 33.5 Å². The second kappa shape index (κ2) is 13.7. The maximum Gasteiger partial charge on any atom is 0.303 e. The number of esters is 2. The third-order valence-electron chi connectivity index (χ3n) is 8.05. The number of carbonyl (C=O) groups is 4. The molecule has 11 heteroatoms. The Kier molecular flexibility index (Phi) is 10.7. The fourth-order valence-corrected chi connectivity index (χ4v) is 6.47.